The van der Waals surface area contributed by atoms with E-state index in [0.717, 1.165) is 193 Å². The van der Waals surface area contributed by atoms with Crippen LogP contribution >= 0.6 is 15.6 Å². The second kappa shape index (κ2) is 82.6. The average Bonchev–Trinajstić information content (AvgIpc) is 0.898. The minimum atomic E-state index is -5.02. The van der Waals surface area contributed by atoms with Crippen LogP contribution in [0.1, 0.15) is 297 Å². The number of hydrogen-bond acceptors (Lipinski definition) is 15. The van der Waals surface area contributed by atoms with Gasteiger partial charge in [0.25, 0.3) is 0 Å². The average molecular weight is 1600 g/mol. The molecular weight excluding hydrogens is 1450 g/mol. The first-order valence-electron chi connectivity index (χ1n) is 42.3. The van der Waals surface area contributed by atoms with Crippen molar-refractivity contribution in [2.45, 2.75) is 316 Å². The fourth-order valence-electron chi connectivity index (χ4n) is 10.4. The third-order valence-electron chi connectivity index (χ3n) is 16.7. The molecule has 0 fully saturated rings. The molecule has 0 aromatic heterocycles. The molecule has 0 rings (SSSR count). The molecule has 0 heterocycles. The van der Waals surface area contributed by atoms with E-state index >= 15 is 0 Å². The molecule has 0 aliphatic carbocycles. The highest BCUT2D eigenvalue weighted by Crippen LogP contribution is 2.45. The summed E-state index contributed by atoms with van der Waals surface area (Å²) in [6.07, 6.45) is 104. The van der Waals surface area contributed by atoms with Crippen molar-refractivity contribution in [1.82, 2.24) is 0 Å². The standard InChI is InChI=1S/C93H148O17P2/c1-5-9-13-17-21-25-29-33-37-40-43-46-50-53-57-61-65-69-73-77-90(95)103-83-88(109-92(97)79-75-71-67-63-59-55-49-36-32-28-24-20-16-12-8-4)85-107-111(99,100)105-81-87(94)82-106-112(101,102)108-86-89(110-93(98)80-76-72-68-64-60-56-52-48-45-42-39-35-31-27-23-19-15-11-7-3)84-104-91(96)78-74-70-66-62-58-54-51-47-44-41-38-34-30-26-22-18-14-10-6-2/h10-12,14-16,21-28,33-39,43-49,54,56,58-60,63,87-89,94H,5-9,13,17-20,29-32,40-42,50-53,55,57,61-62,64-86H2,1-4H3,(H,99,100)(H,101,102)/b14-10-,15-11-,16-12-,25-21-,26-22-,27-23-,28-24-,37-33-,38-34-,39-35-,46-43-,47-44-,48-45-,49-36-,58-54-,60-56-,63-59-. The van der Waals surface area contributed by atoms with Crippen LogP contribution in [0.25, 0.3) is 0 Å². The minimum Gasteiger partial charge on any atom is -0.462 e. The Labute approximate surface area is 678 Å². The Balaban J connectivity index is 5.52. The van der Waals surface area contributed by atoms with Gasteiger partial charge in [-0.3, -0.25) is 37.3 Å². The summed E-state index contributed by atoms with van der Waals surface area (Å²) in [5, 5.41) is 10.7. The molecule has 0 aliphatic rings. The van der Waals surface area contributed by atoms with E-state index in [1.54, 1.807) is 0 Å². The van der Waals surface area contributed by atoms with Gasteiger partial charge in [0.05, 0.1) is 26.4 Å². The maximum atomic E-state index is 13.1. The van der Waals surface area contributed by atoms with E-state index in [2.05, 4.69) is 234 Å². The number of phosphoric ester groups is 2. The lowest BCUT2D eigenvalue weighted by Gasteiger charge is -2.21. The maximum Gasteiger partial charge on any atom is 0.472 e. The van der Waals surface area contributed by atoms with Crippen molar-refractivity contribution < 1.29 is 80.2 Å². The Morgan fingerprint density at radius 3 is 0.741 bits per heavy atom. The van der Waals surface area contributed by atoms with Crippen LogP contribution in [0.3, 0.4) is 0 Å². The summed E-state index contributed by atoms with van der Waals surface area (Å²) in [6, 6.07) is 0. The summed E-state index contributed by atoms with van der Waals surface area (Å²) in [4.78, 5) is 73.3. The van der Waals surface area contributed by atoms with Crippen molar-refractivity contribution in [2.24, 2.45) is 0 Å². The highest BCUT2D eigenvalue weighted by Gasteiger charge is 2.30. The first kappa shape index (κ1) is 106. The highest BCUT2D eigenvalue weighted by atomic mass is 31.2. The quantitative estimate of drug-likeness (QED) is 0.0169. The molecule has 0 amide bonds. The van der Waals surface area contributed by atoms with Crippen LogP contribution in [0.15, 0.2) is 207 Å². The van der Waals surface area contributed by atoms with Gasteiger partial charge < -0.3 is 33.8 Å². The second-order valence-electron chi connectivity index (χ2n) is 27.3. The molecule has 19 heteroatoms. The zero-order chi connectivity index (χ0) is 81.7. The molecular formula is C93H148O17P2. The summed E-state index contributed by atoms with van der Waals surface area (Å²) >= 11 is 0. The summed E-state index contributed by atoms with van der Waals surface area (Å²) in [6.45, 7) is 4.35. The Bertz CT molecular complexity index is 2940. The Kier molecular flexibility index (Phi) is 77.9. The molecule has 0 spiro atoms. The van der Waals surface area contributed by atoms with Crippen LogP contribution in [0.2, 0.25) is 0 Å². The maximum absolute atomic E-state index is 13.1. The lowest BCUT2D eigenvalue weighted by atomic mass is 10.1. The number of carbonyl (C=O) groups is 4. The number of allylic oxidation sites excluding steroid dienone is 34. The molecule has 632 valence electrons. The molecule has 0 aromatic carbocycles. The van der Waals surface area contributed by atoms with Gasteiger partial charge in [0.15, 0.2) is 12.2 Å². The van der Waals surface area contributed by atoms with Crippen LogP contribution in [-0.4, -0.2) is 96.7 Å². The van der Waals surface area contributed by atoms with Crippen molar-refractivity contribution in [3.63, 3.8) is 0 Å². The van der Waals surface area contributed by atoms with Crippen molar-refractivity contribution in [1.29, 1.82) is 0 Å². The van der Waals surface area contributed by atoms with Gasteiger partial charge in [-0.05, 0) is 193 Å². The van der Waals surface area contributed by atoms with E-state index in [-0.39, 0.29) is 25.7 Å². The molecule has 0 saturated heterocycles. The topological polar surface area (TPSA) is 237 Å². The van der Waals surface area contributed by atoms with Gasteiger partial charge in [-0.15, -0.1) is 0 Å². The number of phosphoric acid groups is 2. The minimum absolute atomic E-state index is 0.0301. The molecule has 5 atom stereocenters. The first-order chi connectivity index (χ1) is 54.7. The number of rotatable bonds is 77. The monoisotopic (exact) mass is 1600 g/mol. The molecule has 3 N–H and O–H groups in total. The lowest BCUT2D eigenvalue weighted by Crippen LogP contribution is -2.30. The summed E-state index contributed by atoms with van der Waals surface area (Å²) in [5.74, 6) is -2.33. The first-order valence-corrected chi connectivity index (χ1v) is 45.3. The van der Waals surface area contributed by atoms with E-state index in [0.29, 0.717) is 32.1 Å². The normalized spacial score (nSPS) is 14.8. The van der Waals surface area contributed by atoms with Crippen molar-refractivity contribution in [3.05, 3.63) is 207 Å². The van der Waals surface area contributed by atoms with Gasteiger partial charge in [-0.1, -0.05) is 286 Å². The molecule has 5 unspecified atom stereocenters. The number of carbonyl (C=O) groups excluding carboxylic acids is 4. The van der Waals surface area contributed by atoms with Gasteiger partial charge in [0, 0.05) is 25.7 Å². The molecule has 0 saturated carbocycles. The van der Waals surface area contributed by atoms with E-state index in [9.17, 15) is 43.2 Å². The van der Waals surface area contributed by atoms with E-state index < -0.39 is 97.5 Å². The summed E-state index contributed by atoms with van der Waals surface area (Å²) in [7, 11) is -10.0. The van der Waals surface area contributed by atoms with Crippen LogP contribution < -0.4 is 0 Å². The van der Waals surface area contributed by atoms with Crippen molar-refractivity contribution in [3.8, 4) is 0 Å². The summed E-state index contributed by atoms with van der Waals surface area (Å²) < 4.78 is 68.7. The van der Waals surface area contributed by atoms with Crippen LogP contribution in [0.5, 0.6) is 0 Å². The zero-order valence-corrected chi connectivity index (χ0v) is 71.0. The predicted octanol–water partition coefficient (Wildman–Crippen LogP) is 25.4. The molecule has 0 bridgehead atoms. The van der Waals surface area contributed by atoms with E-state index in [1.165, 1.54) is 19.3 Å². The third kappa shape index (κ3) is 81.6. The Morgan fingerprint density at radius 2 is 0.464 bits per heavy atom. The Hall–Kier alpha value is -6.36. The van der Waals surface area contributed by atoms with Gasteiger partial charge in [-0.25, -0.2) is 9.13 Å². The Morgan fingerprint density at radius 1 is 0.259 bits per heavy atom. The van der Waals surface area contributed by atoms with Gasteiger partial charge in [0.1, 0.15) is 19.3 Å². The highest BCUT2D eigenvalue weighted by molar-refractivity contribution is 7.47. The van der Waals surface area contributed by atoms with Crippen LogP contribution in [0, 0.1) is 0 Å². The van der Waals surface area contributed by atoms with E-state index in [4.69, 9.17) is 37.0 Å². The summed E-state index contributed by atoms with van der Waals surface area (Å²) in [5.41, 5.74) is 0. The van der Waals surface area contributed by atoms with Gasteiger partial charge in [-0.2, -0.15) is 0 Å². The fraction of sp³-hybridized carbons (Fsp3) is 0.591. The van der Waals surface area contributed by atoms with Gasteiger partial charge >= 0.3 is 39.5 Å². The van der Waals surface area contributed by atoms with E-state index in [1.807, 2.05) is 0 Å². The largest absolute Gasteiger partial charge is 0.472 e. The number of aliphatic hydroxyl groups excluding tert-OH is 1. The molecule has 17 nitrogen and oxygen atoms in total. The molecule has 0 radical (unpaired) electrons. The second-order valence-corrected chi connectivity index (χ2v) is 30.2. The number of ether oxygens (including phenoxy) is 4. The SMILES string of the molecule is CC/C=C\C/C=C\C/C=C\C/C=C\C/C=C\CCCCCC(=O)OCC(COP(=O)(O)OCC(O)COP(=O)(O)OCC(COC(=O)CCCCCCCC/C=C\C/C=C\C/C=C\CCCCC)OC(=O)CCCC/C=C\C/C=C\C/C=C\C/C=C\CC)OC(=O)CCCCC/C=C\C/C=C\C/C=C\C/C=C\C/C=C\CC. The third-order valence-corrected chi connectivity index (χ3v) is 18.6. The number of esters is 4. The number of hydrogen-bond donors (Lipinski definition) is 3. The lowest BCUT2D eigenvalue weighted by molar-refractivity contribution is -0.161. The smallest absolute Gasteiger partial charge is 0.462 e. The molecule has 0 aromatic rings. The van der Waals surface area contributed by atoms with Crippen LogP contribution in [0.4, 0.5) is 0 Å². The molecule has 112 heavy (non-hydrogen) atoms. The van der Waals surface area contributed by atoms with Crippen molar-refractivity contribution in [2.75, 3.05) is 39.6 Å². The fourth-order valence-corrected chi connectivity index (χ4v) is 12.0. The van der Waals surface area contributed by atoms with Crippen molar-refractivity contribution >= 4 is 39.5 Å². The predicted molar refractivity (Wildman–Crippen MR) is 463 cm³/mol. The van der Waals surface area contributed by atoms with Gasteiger partial charge in [0.2, 0.25) is 0 Å². The number of aliphatic hydroxyl groups is 1. The van der Waals surface area contributed by atoms with Crippen LogP contribution in [-0.2, 0) is 65.4 Å². The number of unbranched alkanes of at least 4 members (excludes halogenated alkanes) is 17. The zero-order valence-electron chi connectivity index (χ0n) is 69.3. The molecule has 0 aliphatic heterocycles.